The van der Waals surface area contributed by atoms with Crippen LogP contribution in [0, 0.1) is 17.2 Å². The number of benzene rings is 1. The van der Waals surface area contributed by atoms with Gasteiger partial charge in [-0.25, -0.2) is 4.79 Å². The summed E-state index contributed by atoms with van der Waals surface area (Å²) in [5.74, 6) is -0.450. The maximum Gasteiger partial charge on any atom is 0.345 e. The maximum atomic E-state index is 11.0. The Hall–Kier alpha value is -2.22. The lowest BCUT2D eigenvalue weighted by Crippen LogP contribution is -2.32. The number of aliphatic carboxylic acids is 1. The fraction of sp³-hybridized carbons (Fsp3) is 0.385. The van der Waals surface area contributed by atoms with Gasteiger partial charge in [0.25, 0.3) is 0 Å². The molecule has 1 aromatic carbocycles. The molecule has 5 nitrogen and oxygen atoms in total. The van der Waals surface area contributed by atoms with Gasteiger partial charge in [-0.15, -0.1) is 0 Å². The van der Waals surface area contributed by atoms with Crippen LogP contribution in [0.3, 0.4) is 0 Å². The maximum absolute atomic E-state index is 11.0. The quantitative estimate of drug-likeness (QED) is 0.863. The summed E-state index contributed by atoms with van der Waals surface area (Å²) in [6.45, 7) is 3.51. The van der Waals surface area contributed by atoms with E-state index >= 15 is 0 Å². The van der Waals surface area contributed by atoms with Crippen molar-refractivity contribution in [2.75, 3.05) is 7.11 Å². The molecule has 0 saturated carbocycles. The molecule has 1 rings (SSSR count). The number of ether oxygens (including phenoxy) is 2. The highest BCUT2D eigenvalue weighted by molar-refractivity contribution is 5.73. The van der Waals surface area contributed by atoms with E-state index in [1.54, 1.807) is 26.0 Å². The fourth-order valence-electron chi connectivity index (χ4n) is 1.44. The van der Waals surface area contributed by atoms with Crippen molar-refractivity contribution >= 4 is 5.97 Å². The Labute approximate surface area is 106 Å². The van der Waals surface area contributed by atoms with Gasteiger partial charge in [0.2, 0.25) is 0 Å². The molecule has 0 aliphatic heterocycles. The Morgan fingerprint density at radius 1 is 1.33 bits per heavy atom. The van der Waals surface area contributed by atoms with Crippen molar-refractivity contribution in [2.45, 2.75) is 20.0 Å². The smallest absolute Gasteiger partial charge is 0.345 e. The third kappa shape index (κ3) is 3.39. The second-order valence-electron chi connectivity index (χ2n) is 4.13. The van der Waals surface area contributed by atoms with E-state index in [1.165, 1.54) is 13.2 Å². The third-order valence-electron chi connectivity index (χ3n) is 2.36. The van der Waals surface area contributed by atoms with E-state index in [4.69, 9.17) is 19.8 Å². The first-order valence-electron chi connectivity index (χ1n) is 5.46. The van der Waals surface area contributed by atoms with Gasteiger partial charge in [0.1, 0.15) is 11.5 Å². The van der Waals surface area contributed by atoms with Crippen LogP contribution in [-0.4, -0.2) is 24.3 Å². The summed E-state index contributed by atoms with van der Waals surface area (Å²) in [7, 11) is 1.47. The fourth-order valence-corrected chi connectivity index (χ4v) is 1.44. The van der Waals surface area contributed by atoms with Gasteiger partial charge in [-0.3, -0.25) is 0 Å². The Bertz CT molecular complexity index is 476. The zero-order chi connectivity index (χ0) is 13.7. The van der Waals surface area contributed by atoms with Crippen molar-refractivity contribution < 1.29 is 19.4 Å². The van der Waals surface area contributed by atoms with Crippen molar-refractivity contribution in [1.29, 1.82) is 5.26 Å². The standard InChI is InChI=1S/C13H15NO4/c1-8(2)12(13(15)16)18-11-5-9(7-14)4-10(6-11)17-3/h4-6,8,12H,1-3H3,(H,15,16). The van der Waals surface area contributed by atoms with Crippen LogP contribution < -0.4 is 9.47 Å². The summed E-state index contributed by atoms with van der Waals surface area (Å²) < 4.78 is 10.4. The van der Waals surface area contributed by atoms with E-state index < -0.39 is 12.1 Å². The molecule has 1 atom stereocenters. The van der Waals surface area contributed by atoms with E-state index in [2.05, 4.69) is 0 Å². The SMILES string of the molecule is COc1cc(C#N)cc(OC(C(=O)O)C(C)C)c1. The molecule has 0 fully saturated rings. The summed E-state index contributed by atoms with van der Waals surface area (Å²) in [5.41, 5.74) is 0.359. The monoisotopic (exact) mass is 249 g/mol. The van der Waals surface area contributed by atoms with E-state index in [-0.39, 0.29) is 5.92 Å². The van der Waals surface area contributed by atoms with Crippen LogP contribution in [0.1, 0.15) is 19.4 Å². The summed E-state index contributed by atoms with van der Waals surface area (Å²) >= 11 is 0. The lowest BCUT2D eigenvalue weighted by molar-refractivity contribution is -0.147. The number of hydrogen-bond acceptors (Lipinski definition) is 4. The third-order valence-corrected chi connectivity index (χ3v) is 2.36. The number of rotatable bonds is 5. The highest BCUT2D eigenvalue weighted by Gasteiger charge is 2.23. The van der Waals surface area contributed by atoms with Gasteiger partial charge in [0, 0.05) is 12.0 Å². The number of methoxy groups -OCH3 is 1. The highest BCUT2D eigenvalue weighted by Crippen LogP contribution is 2.24. The molecule has 0 spiro atoms. The summed E-state index contributed by atoms with van der Waals surface area (Å²) in [5, 5.41) is 17.9. The molecule has 1 N–H and O–H groups in total. The number of nitrogens with zero attached hydrogens (tertiary/aromatic N) is 1. The van der Waals surface area contributed by atoms with E-state index in [0.29, 0.717) is 17.1 Å². The van der Waals surface area contributed by atoms with Crippen LogP contribution in [0.5, 0.6) is 11.5 Å². The minimum atomic E-state index is -1.04. The molecule has 0 heterocycles. The predicted octanol–water partition coefficient (Wildman–Crippen LogP) is 2.05. The minimum absolute atomic E-state index is 0.181. The molecule has 0 aliphatic rings. The zero-order valence-electron chi connectivity index (χ0n) is 10.5. The first-order chi connectivity index (χ1) is 8.47. The van der Waals surface area contributed by atoms with Crippen molar-refractivity contribution in [2.24, 2.45) is 5.92 Å². The summed E-state index contributed by atoms with van der Waals surface area (Å²) in [4.78, 5) is 11.0. The van der Waals surface area contributed by atoms with E-state index in [1.807, 2.05) is 6.07 Å². The van der Waals surface area contributed by atoms with E-state index in [0.717, 1.165) is 0 Å². The van der Waals surface area contributed by atoms with Crippen LogP contribution in [0.2, 0.25) is 0 Å². The van der Waals surface area contributed by atoms with Gasteiger partial charge in [-0.1, -0.05) is 13.8 Å². The molecule has 5 heteroatoms. The molecule has 0 radical (unpaired) electrons. The molecule has 0 aromatic heterocycles. The van der Waals surface area contributed by atoms with Crippen LogP contribution in [0.15, 0.2) is 18.2 Å². The molecule has 0 saturated heterocycles. The van der Waals surface area contributed by atoms with Crippen molar-refractivity contribution in [3.8, 4) is 17.6 Å². The molecule has 0 aliphatic carbocycles. The number of hydrogen-bond donors (Lipinski definition) is 1. The predicted molar refractivity (Wildman–Crippen MR) is 64.6 cm³/mol. The van der Waals surface area contributed by atoms with Crippen molar-refractivity contribution in [1.82, 2.24) is 0 Å². The van der Waals surface area contributed by atoms with Gasteiger partial charge >= 0.3 is 5.97 Å². The van der Waals surface area contributed by atoms with Gasteiger partial charge in [-0.05, 0) is 12.1 Å². The average Bonchev–Trinajstić information content (AvgIpc) is 2.34. The number of nitriles is 1. The van der Waals surface area contributed by atoms with Crippen LogP contribution in [-0.2, 0) is 4.79 Å². The molecule has 18 heavy (non-hydrogen) atoms. The Balaban J connectivity index is 3.02. The number of carboxylic acid groups (broad SMARTS) is 1. The Morgan fingerprint density at radius 3 is 2.39 bits per heavy atom. The summed E-state index contributed by atoms with van der Waals surface area (Å²) in [6, 6.07) is 6.56. The normalized spacial score (nSPS) is 11.7. The molecular weight excluding hydrogens is 234 g/mol. The number of carbonyl (C=O) groups is 1. The second kappa shape index (κ2) is 5.92. The highest BCUT2D eigenvalue weighted by atomic mass is 16.5. The second-order valence-corrected chi connectivity index (χ2v) is 4.13. The van der Waals surface area contributed by atoms with E-state index in [9.17, 15) is 4.79 Å². The van der Waals surface area contributed by atoms with Gasteiger partial charge in [0.05, 0.1) is 18.7 Å². The number of carboxylic acids is 1. The first kappa shape index (κ1) is 13.8. The molecule has 96 valence electrons. The van der Waals surface area contributed by atoms with Gasteiger partial charge < -0.3 is 14.6 Å². The largest absolute Gasteiger partial charge is 0.497 e. The van der Waals surface area contributed by atoms with Gasteiger partial charge in [0.15, 0.2) is 6.10 Å². The first-order valence-corrected chi connectivity index (χ1v) is 5.46. The summed E-state index contributed by atoms with van der Waals surface area (Å²) in [6.07, 6.45) is -0.955. The van der Waals surface area contributed by atoms with Crippen molar-refractivity contribution in [3.05, 3.63) is 23.8 Å². The molecule has 0 amide bonds. The Kier molecular flexibility index (Phi) is 4.55. The Morgan fingerprint density at radius 2 is 1.94 bits per heavy atom. The van der Waals surface area contributed by atoms with Crippen molar-refractivity contribution in [3.63, 3.8) is 0 Å². The van der Waals surface area contributed by atoms with Gasteiger partial charge in [-0.2, -0.15) is 5.26 Å². The molecule has 1 unspecified atom stereocenters. The van der Waals surface area contributed by atoms with Crippen LogP contribution in [0.4, 0.5) is 0 Å². The lowest BCUT2D eigenvalue weighted by Gasteiger charge is -2.18. The van der Waals surface area contributed by atoms with Crippen LogP contribution >= 0.6 is 0 Å². The lowest BCUT2D eigenvalue weighted by atomic mass is 10.1. The molecular formula is C13H15NO4. The average molecular weight is 249 g/mol. The zero-order valence-corrected chi connectivity index (χ0v) is 10.5. The minimum Gasteiger partial charge on any atom is -0.497 e. The molecule has 0 bridgehead atoms. The van der Waals surface area contributed by atoms with Crippen LogP contribution in [0.25, 0.3) is 0 Å². The molecule has 1 aromatic rings. The topological polar surface area (TPSA) is 79.5 Å².